The van der Waals surface area contributed by atoms with Crippen molar-refractivity contribution in [1.82, 2.24) is 10.2 Å². The zero-order chi connectivity index (χ0) is 25.0. The van der Waals surface area contributed by atoms with Crippen LogP contribution in [0, 0.1) is 10.1 Å². The molecule has 0 aliphatic carbocycles. The van der Waals surface area contributed by atoms with Gasteiger partial charge in [0.1, 0.15) is 0 Å². The van der Waals surface area contributed by atoms with E-state index in [1.807, 2.05) is 0 Å². The van der Waals surface area contributed by atoms with E-state index < -0.39 is 16.7 Å². The number of alkyl halides is 3. The van der Waals surface area contributed by atoms with Gasteiger partial charge in [0, 0.05) is 50.9 Å². The van der Waals surface area contributed by atoms with Gasteiger partial charge in [0.05, 0.1) is 21.7 Å². The lowest BCUT2D eigenvalue weighted by molar-refractivity contribution is -0.384. The molecular weight excluding hydrogens is 461 g/mol. The van der Waals surface area contributed by atoms with Crippen LogP contribution < -0.4 is 10.2 Å². The van der Waals surface area contributed by atoms with Gasteiger partial charge in [-0.1, -0.05) is 18.2 Å². The van der Waals surface area contributed by atoms with Crippen molar-refractivity contribution >= 4 is 17.3 Å². The third-order valence-electron chi connectivity index (χ3n) is 6.72. The predicted molar refractivity (Wildman–Crippen MR) is 126 cm³/mol. The number of non-ortho nitro benzene ring substituents is 1. The Morgan fingerprint density at radius 1 is 1.03 bits per heavy atom. The van der Waals surface area contributed by atoms with Crippen molar-refractivity contribution in [2.24, 2.45) is 0 Å². The molecule has 1 N–H and O–H groups in total. The molecule has 7 nitrogen and oxygen atoms in total. The summed E-state index contributed by atoms with van der Waals surface area (Å²) in [5.74, 6) is -0.328. The summed E-state index contributed by atoms with van der Waals surface area (Å²) in [4.78, 5) is 28.2. The largest absolute Gasteiger partial charge is 0.416 e. The molecule has 4 rings (SSSR count). The summed E-state index contributed by atoms with van der Waals surface area (Å²) in [6.07, 6.45) is 0.0963. The smallest absolute Gasteiger partial charge is 0.371 e. The van der Waals surface area contributed by atoms with Gasteiger partial charge in [0.15, 0.2) is 0 Å². The summed E-state index contributed by atoms with van der Waals surface area (Å²) >= 11 is 0. The molecule has 2 heterocycles. The van der Waals surface area contributed by atoms with E-state index in [2.05, 4.69) is 15.1 Å². The van der Waals surface area contributed by atoms with Crippen molar-refractivity contribution in [2.45, 2.75) is 50.9 Å². The molecule has 2 aromatic rings. The molecule has 35 heavy (non-hydrogen) atoms. The molecule has 2 aromatic carbocycles. The van der Waals surface area contributed by atoms with Gasteiger partial charge in [-0.15, -0.1) is 0 Å². The number of piperidine rings is 2. The van der Waals surface area contributed by atoms with Crippen LogP contribution in [0.1, 0.15) is 53.6 Å². The van der Waals surface area contributed by atoms with Crippen molar-refractivity contribution in [2.75, 3.05) is 31.1 Å². The van der Waals surface area contributed by atoms with E-state index in [9.17, 15) is 28.1 Å². The van der Waals surface area contributed by atoms with Crippen LogP contribution in [0.3, 0.4) is 0 Å². The Hall–Kier alpha value is -3.14. The number of hydrogen-bond acceptors (Lipinski definition) is 5. The van der Waals surface area contributed by atoms with Gasteiger partial charge in [-0.05, 0) is 49.8 Å². The van der Waals surface area contributed by atoms with Gasteiger partial charge in [0.25, 0.3) is 11.6 Å². The first kappa shape index (κ1) is 25.0. The normalized spacial score (nSPS) is 17.9. The van der Waals surface area contributed by atoms with E-state index in [1.165, 1.54) is 24.3 Å². The summed E-state index contributed by atoms with van der Waals surface area (Å²) < 4.78 is 38.9. The zero-order valence-corrected chi connectivity index (χ0v) is 19.4. The fourth-order valence-electron chi connectivity index (χ4n) is 4.83. The van der Waals surface area contributed by atoms with Crippen LogP contribution in [-0.4, -0.2) is 48.0 Å². The fourth-order valence-corrected chi connectivity index (χ4v) is 4.83. The molecular formula is C25H29F3N4O3. The van der Waals surface area contributed by atoms with Crippen LogP contribution in [0.2, 0.25) is 0 Å². The first-order chi connectivity index (χ1) is 16.7. The summed E-state index contributed by atoms with van der Waals surface area (Å²) in [5, 5.41) is 14.3. The van der Waals surface area contributed by atoms with Gasteiger partial charge in [0.2, 0.25) is 0 Å². The summed E-state index contributed by atoms with van der Waals surface area (Å²) in [5.41, 5.74) is 0.859. The second kappa shape index (κ2) is 10.6. The predicted octanol–water partition coefficient (Wildman–Crippen LogP) is 5.00. The van der Waals surface area contributed by atoms with Crippen molar-refractivity contribution in [3.05, 3.63) is 69.3 Å². The number of amides is 1. The molecule has 0 unspecified atom stereocenters. The minimum atomic E-state index is -4.37. The third kappa shape index (κ3) is 6.30. The highest BCUT2D eigenvalue weighted by Crippen LogP contribution is 2.30. The van der Waals surface area contributed by atoms with E-state index in [4.69, 9.17) is 0 Å². The minimum absolute atomic E-state index is 0.103. The molecule has 2 aliphatic rings. The summed E-state index contributed by atoms with van der Waals surface area (Å²) in [6.45, 7) is 3.30. The molecule has 2 aliphatic heterocycles. The van der Waals surface area contributed by atoms with Gasteiger partial charge in [-0.3, -0.25) is 19.8 Å². The summed E-state index contributed by atoms with van der Waals surface area (Å²) in [6, 6.07) is 9.70. The lowest BCUT2D eigenvalue weighted by atomic mass is 10.0. The highest BCUT2D eigenvalue weighted by atomic mass is 19.4. The van der Waals surface area contributed by atoms with E-state index >= 15 is 0 Å². The average Bonchev–Trinajstić information content (AvgIpc) is 2.85. The van der Waals surface area contributed by atoms with Crippen molar-refractivity contribution in [3.63, 3.8) is 0 Å². The highest BCUT2D eigenvalue weighted by molar-refractivity contribution is 6.00. The highest BCUT2D eigenvalue weighted by Gasteiger charge is 2.31. The molecule has 0 atom stereocenters. The van der Waals surface area contributed by atoms with E-state index in [0.717, 1.165) is 44.1 Å². The first-order valence-electron chi connectivity index (χ1n) is 11.9. The number of hydrogen-bond donors (Lipinski definition) is 1. The fraction of sp³-hybridized carbons (Fsp3) is 0.480. The molecule has 2 saturated heterocycles. The monoisotopic (exact) mass is 490 g/mol. The number of nitro benzene ring substituents is 1. The van der Waals surface area contributed by atoms with Crippen LogP contribution in [0.4, 0.5) is 24.5 Å². The molecule has 188 valence electrons. The minimum Gasteiger partial charge on any atom is -0.371 e. The molecule has 0 spiro atoms. The second-order valence-corrected chi connectivity index (χ2v) is 9.23. The molecule has 0 saturated carbocycles. The van der Waals surface area contributed by atoms with Crippen LogP contribution >= 0.6 is 0 Å². The number of carbonyl (C=O) groups is 1. The van der Waals surface area contributed by atoms with Crippen molar-refractivity contribution in [3.8, 4) is 0 Å². The number of nitrogens with one attached hydrogen (secondary N) is 1. The topological polar surface area (TPSA) is 78.7 Å². The Kier molecular flexibility index (Phi) is 7.59. The van der Waals surface area contributed by atoms with E-state index in [-0.39, 0.29) is 17.6 Å². The number of nitro groups is 1. The van der Waals surface area contributed by atoms with E-state index in [0.29, 0.717) is 43.6 Å². The van der Waals surface area contributed by atoms with Crippen LogP contribution in [0.5, 0.6) is 0 Å². The van der Waals surface area contributed by atoms with Gasteiger partial charge < -0.3 is 10.2 Å². The SMILES string of the molecule is O=C(NC1CCN(Cc2cccc(C(F)(F)F)c2)CC1)c1cc([N+](=O)[O-])ccc1N1CCCCC1. The number of nitrogens with zero attached hydrogens (tertiary/aromatic N) is 3. The van der Waals surface area contributed by atoms with Crippen LogP contribution in [-0.2, 0) is 12.7 Å². The Morgan fingerprint density at radius 2 is 1.74 bits per heavy atom. The van der Waals surface area contributed by atoms with Gasteiger partial charge in [-0.2, -0.15) is 13.2 Å². The summed E-state index contributed by atoms with van der Waals surface area (Å²) in [7, 11) is 0. The number of anilines is 1. The van der Waals surface area contributed by atoms with Crippen LogP contribution in [0.15, 0.2) is 42.5 Å². The quantitative estimate of drug-likeness (QED) is 0.456. The molecule has 0 radical (unpaired) electrons. The Labute approximate surface area is 202 Å². The number of rotatable bonds is 6. The zero-order valence-electron chi connectivity index (χ0n) is 19.4. The van der Waals surface area contributed by atoms with Crippen LogP contribution in [0.25, 0.3) is 0 Å². The number of likely N-dealkylation sites (tertiary alicyclic amines) is 1. The lowest BCUT2D eigenvalue weighted by Crippen LogP contribution is -2.44. The molecule has 0 bridgehead atoms. The maximum atomic E-state index is 13.2. The molecule has 1 amide bonds. The number of benzene rings is 2. The Morgan fingerprint density at radius 3 is 2.40 bits per heavy atom. The standard InChI is InChI=1S/C25H29F3N4O3/c26-25(27,28)19-6-4-5-18(15-19)17-30-13-9-20(10-14-30)29-24(33)22-16-21(32(34)35)7-8-23(22)31-11-2-1-3-12-31/h4-8,15-16,20H,1-3,9-14,17H2,(H,29,33). The van der Waals surface area contributed by atoms with Crippen molar-refractivity contribution in [1.29, 1.82) is 0 Å². The lowest BCUT2D eigenvalue weighted by Gasteiger charge is -2.33. The van der Waals surface area contributed by atoms with Gasteiger partial charge in [-0.25, -0.2) is 0 Å². The third-order valence-corrected chi connectivity index (χ3v) is 6.72. The Balaban J connectivity index is 1.38. The molecule has 0 aromatic heterocycles. The number of carbonyl (C=O) groups excluding carboxylic acids is 1. The van der Waals surface area contributed by atoms with E-state index in [1.54, 1.807) is 12.1 Å². The van der Waals surface area contributed by atoms with Crippen molar-refractivity contribution < 1.29 is 22.9 Å². The number of halogens is 3. The second-order valence-electron chi connectivity index (χ2n) is 9.23. The maximum absolute atomic E-state index is 13.2. The van der Waals surface area contributed by atoms with Gasteiger partial charge >= 0.3 is 6.18 Å². The molecule has 10 heteroatoms. The Bertz CT molecular complexity index is 1060. The molecule has 2 fully saturated rings. The maximum Gasteiger partial charge on any atom is 0.416 e. The first-order valence-corrected chi connectivity index (χ1v) is 11.9. The average molecular weight is 491 g/mol.